The topological polar surface area (TPSA) is 77.1 Å². The number of carbonyl (C=O) groups is 1. The molecule has 0 aromatic carbocycles. The first-order valence-corrected chi connectivity index (χ1v) is 7.47. The van der Waals surface area contributed by atoms with Gasteiger partial charge in [0, 0.05) is 6.20 Å². The van der Waals surface area contributed by atoms with E-state index in [1.54, 1.807) is 0 Å². The van der Waals surface area contributed by atoms with Crippen LogP contribution in [0.25, 0.3) is 0 Å². The van der Waals surface area contributed by atoms with Gasteiger partial charge in [0.1, 0.15) is 18.8 Å². The van der Waals surface area contributed by atoms with Crippen molar-refractivity contribution in [3.05, 3.63) is 34.4 Å². The van der Waals surface area contributed by atoms with Gasteiger partial charge in [0.25, 0.3) is 5.91 Å². The van der Waals surface area contributed by atoms with Crippen molar-refractivity contribution in [3.63, 3.8) is 0 Å². The van der Waals surface area contributed by atoms with Gasteiger partial charge in [-0.3, -0.25) is 14.2 Å². The van der Waals surface area contributed by atoms with Gasteiger partial charge in [0.15, 0.2) is 5.69 Å². The van der Waals surface area contributed by atoms with E-state index in [9.17, 15) is 31.1 Å². The highest BCUT2D eigenvalue weighted by molar-refractivity contribution is 6.32. The zero-order valence-corrected chi connectivity index (χ0v) is 14.2. The summed E-state index contributed by atoms with van der Waals surface area (Å²) < 4.78 is 76.2. The molecule has 0 spiro atoms. The smallest absolute Gasteiger partial charge is 0.271 e. The number of hydrogen-bond donors (Lipinski definition) is 1. The fraction of sp³-hybridized carbons (Fsp3) is 0.385. The lowest BCUT2D eigenvalue weighted by Crippen LogP contribution is -2.24. The number of amides is 1. The molecular weight excluding hydrogens is 406 g/mol. The Labute approximate surface area is 152 Å². The first-order valence-electron chi connectivity index (χ1n) is 7.09. The average molecular weight is 417 g/mol. The molecule has 0 unspecified atom stereocenters. The Morgan fingerprint density at radius 1 is 1.30 bits per heavy atom. The molecule has 27 heavy (non-hydrogen) atoms. The van der Waals surface area contributed by atoms with Crippen LogP contribution in [0.3, 0.4) is 0 Å². The number of hydrazone groups is 1. The Morgan fingerprint density at radius 3 is 2.52 bits per heavy atom. The van der Waals surface area contributed by atoms with Crippen LogP contribution in [0.2, 0.25) is 5.02 Å². The Morgan fingerprint density at radius 2 is 1.96 bits per heavy atom. The van der Waals surface area contributed by atoms with Crippen LogP contribution in [0.1, 0.15) is 17.1 Å². The summed E-state index contributed by atoms with van der Waals surface area (Å²) >= 11 is 5.56. The number of aromatic nitrogens is 4. The Hall–Kier alpha value is -2.57. The van der Waals surface area contributed by atoms with Gasteiger partial charge in [0.2, 0.25) is 0 Å². The summed E-state index contributed by atoms with van der Waals surface area (Å²) in [5.41, 5.74) is 0.672. The highest BCUT2D eigenvalue weighted by Gasteiger charge is 2.38. The summed E-state index contributed by atoms with van der Waals surface area (Å²) in [4.78, 5) is 11.7. The van der Waals surface area contributed by atoms with Gasteiger partial charge in [-0.25, -0.2) is 5.43 Å². The second-order valence-corrected chi connectivity index (χ2v) is 5.63. The van der Waals surface area contributed by atoms with Crippen molar-refractivity contribution in [2.45, 2.75) is 32.4 Å². The van der Waals surface area contributed by atoms with E-state index < -0.39 is 42.1 Å². The van der Waals surface area contributed by atoms with Crippen molar-refractivity contribution in [3.8, 4) is 0 Å². The molecule has 148 valence electrons. The molecular formula is C13H11ClF6N6O. The average Bonchev–Trinajstić information content (AvgIpc) is 3.04. The van der Waals surface area contributed by atoms with E-state index in [1.807, 2.05) is 5.43 Å². The standard InChI is InChI=1S/C13H11ClF6N6O/c1-7-10(14)11(13(18,19)20)24-26(7)5-9(27)22-21-4-8-2-3-25(23-8)6-12(15,16)17/h2-4H,5-6H2,1H3,(H,22,27)/b21-4-. The van der Waals surface area contributed by atoms with Crippen LogP contribution >= 0.6 is 11.6 Å². The van der Waals surface area contributed by atoms with E-state index in [-0.39, 0.29) is 11.4 Å². The molecule has 0 fully saturated rings. The fourth-order valence-electron chi connectivity index (χ4n) is 1.92. The maximum absolute atomic E-state index is 12.7. The zero-order valence-electron chi connectivity index (χ0n) is 13.4. The number of nitrogens with zero attached hydrogens (tertiary/aromatic N) is 5. The van der Waals surface area contributed by atoms with E-state index in [0.717, 1.165) is 17.1 Å². The van der Waals surface area contributed by atoms with Crippen LogP contribution in [-0.4, -0.2) is 37.9 Å². The van der Waals surface area contributed by atoms with Gasteiger partial charge >= 0.3 is 12.4 Å². The number of carbonyl (C=O) groups excluding carboxylic acids is 1. The molecule has 2 heterocycles. The quantitative estimate of drug-likeness (QED) is 0.462. The van der Waals surface area contributed by atoms with Crippen molar-refractivity contribution in [2.75, 3.05) is 0 Å². The van der Waals surface area contributed by atoms with E-state index in [0.29, 0.717) is 4.68 Å². The molecule has 2 aromatic rings. The molecule has 1 amide bonds. The monoisotopic (exact) mass is 416 g/mol. The summed E-state index contributed by atoms with van der Waals surface area (Å²) in [7, 11) is 0. The fourth-order valence-corrected chi connectivity index (χ4v) is 2.16. The third kappa shape index (κ3) is 5.70. The first-order chi connectivity index (χ1) is 12.4. The lowest BCUT2D eigenvalue weighted by Gasteiger charge is -2.05. The van der Waals surface area contributed by atoms with Crippen LogP contribution < -0.4 is 5.43 Å². The molecule has 0 radical (unpaired) electrons. The van der Waals surface area contributed by atoms with Crippen molar-refractivity contribution >= 4 is 23.7 Å². The minimum absolute atomic E-state index is 0.0391. The molecule has 14 heteroatoms. The SMILES string of the molecule is Cc1c(Cl)c(C(F)(F)F)nn1CC(=O)N/N=C\c1ccn(CC(F)(F)F)n1. The molecule has 1 N–H and O–H groups in total. The lowest BCUT2D eigenvalue weighted by molar-refractivity contribution is -0.143. The normalized spacial score (nSPS) is 12.7. The van der Waals surface area contributed by atoms with Crippen LogP contribution in [-0.2, 0) is 24.1 Å². The third-order valence-corrected chi connectivity index (χ3v) is 3.54. The molecule has 0 bridgehead atoms. The minimum Gasteiger partial charge on any atom is -0.271 e. The Bertz CT molecular complexity index is 853. The number of rotatable bonds is 5. The number of alkyl halides is 6. The molecule has 0 saturated heterocycles. The summed E-state index contributed by atoms with van der Waals surface area (Å²) in [5.74, 6) is -0.822. The minimum atomic E-state index is -4.77. The largest absolute Gasteiger partial charge is 0.436 e. The molecule has 0 aliphatic heterocycles. The third-order valence-electron chi connectivity index (χ3n) is 3.08. The second kappa shape index (κ2) is 7.58. The molecule has 7 nitrogen and oxygen atoms in total. The Balaban J connectivity index is 1.96. The highest BCUT2D eigenvalue weighted by Crippen LogP contribution is 2.35. The molecule has 0 aliphatic carbocycles. The molecule has 2 aromatic heterocycles. The summed E-state index contributed by atoms with van der Waals surface area (Å²) in [6.07, 6.45) is -7.15. The van der Waals surface area contributed by atoms with Gasteiger partial charge in [-0.05, 0) is 13.0 Å². The summed E-state index contributed by atoms with van der Waals surface area (Å²) in [6.45, 7) is -0.621. The van der Waals surface area contributed by atoms with Gasteiger partial charge < -0.3 is 0 Å². The maximum Gasteiger partial charge on any atom is 0.436 e. The van der Waals surface area contributed by atoms with Crippen molar-refractivity contribution in [2.24, 2.45) is 5.10 Å². The van der Waals surface area contributed by atoms with E-state index in [2.05, 4.69) is 15.3 Å². The molecule has 0 saturated carbocycles. The highest BCUT2D eigenvalue weighted by atomic mass is 35.5. The second-order valence-electron chi connectivity index (χ2n) is 5.25. The molecule has 0 aliphatic rings. The van der Waals surface area contributed by atoms with Crippen LogP contribution in [0.15, 0.2) is 17.4 Å². The van der Waals surface area contributed by atoms with Gasteiger partial charge in [-0.1, -0.05) is 11.6 Å². The van der Waals surface area contributed by atoms with E-state index in [4.69, 9.17) is 11.6 Å². The van der Waals surface area contributed by atoms with Gasteiger partial charge in [-0.15, -0.1) is 0 Å². The lowest BCUT2D eigenvalue weighted by atomic mass is 10.3. The number of nitrogens with one attached hydrogen (secondary N) is 1. The maximum atomic E-state index is 12.7. The van der Waals surface area contributed by atoms with Crippen molar-refractivity contribution in [1.82, 2.24) is 25.0 Å². The van der Waals surface area contributed by atoms with E-state index >= 15 is 0 Å². The van der Waals surface area contributed by atoms with Crippen LogP contribution in [0.5, 0.6) is 0 Å². The van der Waals surface area contributed by atoms with E-state index in [1.165, 1.54) is 13.0 Å². The predicted molar refractivity (Wildman–Crippen MR) is 81.0 cm³/mol. The van der Waals surface area contributed by atoms with Crippen molar-refractivity contribution in [1.29, 1.82) is 0 Å². The summed E-state index contributed by atoms with van der Waals surface area (Å²) in [6, 6.07) is 1.23. The van der Waals surface area contributed by atoms with Gasteiger partial charge in [0.05, 0.1) is 16.9 Å². The zero-order chi connectivity index (χ0) is 20.4. The Kier molecular flexibility index (Phi) is 5.82. The molecule has 2 rings (SSSR count). The molecule has 0 atom stereocenters. The summed E-state index contributed by atoms with van der Waals surface area (Å²) in [5, 5.41) is 9.68. The van der Waals surface area contributed by atoms with Crippen LogP contribution in [0, 0.1) is 6.92 Å². The van der Waals surface area contributed by atoms with Crippen LogP contribution in [0.4, 0.5) is 26.3 Å². The number of hydrogen-bond acceptors (Lipinski definition) is 4. The number of halogens is 7. The predicted octanol–water partition coefficient (Wildman–Crippen LogP) is 2.77. The first kappa shape index (κ1) is 20.7. The van der Waals surface area contributed by atoms with Gasteiger partial charge in [-0.2, -0.15) is 41.6 Å². The van der Waals surface area contributed by atoms with Crippen molar-refractivity contribution < 1.29 is 31.1 Å².